The first kappa shape index (κ1) is 19.4. The summed E-state index contributed by atoms with van der Waals surface area (Å²) in [5.41, 5.74) is 7.76. The summed E-state index contributed by atoms with van der Waals surface area (Å²) in [5.74, 6) is 0.635. The summed E-state index contributed by atoms with van der Waals surface area (Å²) in [6.07, 6.45) is 8.49. The number of H-pyrrole nitrogens is 1. The van der Waals surface area contributed by atoms with Gasteiger partial charge in [0.25, 0.3) is 0 Å². The maximum absolute atomic E-state index is 10.1. The van der Waals surface area contributed by atoms with Crippen LogP contribution in [0.5, 0.6) is 0 Å². The van der Waals surface area contributed by atoms with Crippen LogP contribution in [0, 0.1) is 0 Å². The molecule has 7 heteroatoms. The number of aliphatic hydroxyl groups is 1. The Balaban J connectivity index is 1.41. The van der Waals surface area contributed by atoms with Gasteiger partial charge in [-0.25, -0.2) is 10.1 Å². The first-order valence-electron chi connectivity index (χ1n) is 11.5. The monoisotopic (exact) mass is 426 g/mol. The van der Waals surface area contributed by atoms with Crippen molar-refractivity contribution in [3.05, 3.63) is 59.8 Å². The van der Waals surface area contributed by atoms with E-state index in [0.29, 0.717) is 17.1 Å². The molecule has 0 radical (unpaired) electrons. The molecule has 0 atom stereocenters. The lowest BCUT2D eigenvalue weighted by atomic mass is 9.91. The van der Waals surface area contributed by atoms with Crippen LogP contribution < -0.4 is 4.90 Å². The predicted octanol–water partition coefficient (Wildman–Crippen LogP) is 4.35. The number of rotatable bonds is 4. The van der Waals surface area contributed by atoms with Crippen LogP contribution in [-0.4, -0.2) is 42.6 Å². The summed E-state index contributed by atoms with van der Waals surface area (Å²) in [7, 11) is 0. The first-order valence-corrected chi connectivity index (χ1v) is 11.5. The van der Waals surface area contributed by atoms with Gasteiger partial charge in [0.2, 0.25) is 5.95 Å². The van der Waals surface area contributed by atoms with E-state index < -0.39 is 0 Å². The van der Waals surface area contributed by atoms with Gasteiger partial charge in [-0.05, 0) is 79.3 Å². The zero-order chi connectivity index (χ0) is 21.5. The van der Waals surface area contributed by atoms with Crippen molar-refractivity contribution in [2.75, 3.05) is 4.90 Å². The number of nitrogens with one attached hydrogen (secondary N) is 1. The molecule has 0 amide bonds. The van der Waals surface area contributed by atoms with Crippen molar-refractivity contribution in [1.29, 1.82) is 0 Å². The Labute approximate surface area is 186 Å². The van der Waals surface area contributed by atoms with Crippen molar-refractivity contribution in [3.63, 3.8) is 0 Å². The van der Waals surface area contributed by atoms with Crippen molar-refractivity contribution >= 4 is 22.8 Å². The average Bonchev–Trinajstić information content (AvgIpc) is 3.49. The minimum absolute atomic E-state index is 0.217. The molecule has 6 rings (SSSR count). The summed E-state index contributed by atoms with van der Waals surface area (Å²) in [4.78, 5) is 11.6. The Kier molecular flexibility index (Phi) is 4.83. The van der Waals surface area contributed by atoms with E-state index in [1.807, 2.05) is 0 Å². The number of aromatic amines is 1. The van der Waals surface area contributed by atoms with Crippen LogP contribution in [0.4, 0.5) is 11.6 Å². The third-order valence-corrected chi connectivity index (χ3v) is 6.87. The fraction of sp³-hybridized carbons (Fsp3) is 0.360. The molecule has 4 aromatic rings. The van der Waals surface area contributed by atoms with Gasteiger partial charge in [0.15, 0.2) is 5.65 Å². The molecular formula is C25H26N6O. The molecule has 2 heterocycles. The number of nitrogens with zero attached hydrogens (tertiary/aromatic N) is 5. The average molecular weight is 427 g/mol. The van der Waals surface area contributed by atoms with Crippen LogP contribution in [0.25, 0.3) is 22.3 Å². The first-order chi connectivity index (χ1) is 15.7. The minimum Gasteiger partial charge on any atom is -0.393 e. The third kappa shape index (κ3) is 3.52. The fourth-order valence-corrected chi connectivity index (χ4v) is 5.16. The quantitative estimate of drug-likeness (QED) is 0.504. The summed E-state index contributed by atoms with van der Waals surface area (Å²) in [6.45, 7) is 0. The van der Waals surface area contributed by atoms with Crippen LogP contribution in [-0.2, 0) is 12.8 Å². The molecule has 2 aliphatic rings. The van der Waals surface area contributed by atoms with Gasteiger partial charge in [0, 0.05) is 11.7 Å². The second-order valence-electron chi connectivity index (χ2n) is 8.94. The lowest BCUT2D eigenvalue weighted by molar-refractivity contribution is 0.123. The Morgan fingerprint density at radius 2 is 1.78 bits per heavy atom. The molecule has 0 saturated heterocycles. The van der Waals surface area contributed by atoms with Crippen LogP contribution in [0.3, 0.4) is 0 Å². The predicted molar refractivity (Wildman–Crippen MR) is 124 cm³/mol. The van der Waals surface area contributed by atoms with E-state index in [1.54, 1.807) is 6.20 Å². The van der Waals surface area contributed by atoms with E-state index in [2.05, 4.69) is 67.8 Å². The number of aromatic nitrogens is 5. The molecule has 162 valence electrons. The number of benzene rings is 2. The summed E-state index contributed by atoms with van der Waals surface area (Å²) in [5, 5.41) is 20.8. The third-order valence-electron chi connectivity index (χ3n) is 6.87. The summed E-state index contributed by atoms with van der Waals surface area (Å²) in [6, 6.07) is 15.7. The van der Waals surface area contributed by atoms with E-state index in [0.717, 1.165) is 31.4 Å². The molecule has 2 N–H and O–H groups in total. The summed E-state index contributed by atoms with van der Waals surface area (Å²) >= 11 is 0. The van der Waals surface area contributed by atoms with Crippen molar-refractivity contribution in [3.8, 4) is 11.1 Å². The zero-order valence-electron chi connectivity index (χ0n) is 17.9. The van der Waals surface area contributed by atoms with E-state index in [-0.39, 0.29) is 12.1 Å². The lowest BCUT2D eigenvalue weighted by Crippen LogP contribution is -2.37. The standard InChI is InChI=1S/C25H26N6O/c32-22-11-9-20(10-12-22)31(25-26-15-23-24(27-25)29-30-28-23)21-6-2-5-18(14-21)19-8-7-16-3-1-4-17(16)13-19/h2,5-8,13-15,20,22,32H,1,3-4,9-12H2,(H,26,27,28,29,30). The van der Waals surface area contributed by atoms with Gasteiger partial charge in [-0.3, -0.25) is 0 Å². The maximum Gasteiger partial charge on any atom is 0.232 e. The molecule has 2 aromatic carbocycles. The highest BCUT2D eigenvalue weighted by Crippen LogP contribution is 2.36. The molecule has 32 heavy (non-hydrogen) atoms. The highest BCUT2D eigenvalue weighted by molar-refractivity contribution is 5.74. The Bertz CT molecular complexity index is 1260. The Hall–Kier alpha value is -3.32. The molecule has 0 aliphatic heterocycles. The van der Waals surface area contributed by atoms with Gasteiger partial charge in [-0.2, -0.15) is 4.98 Å². The smallest absolute Gasteiger partial charge is 0.232 e. The van der Waals surface area contributed by atoms with Crippen molar-refractivity contribution in [2.24, 2.45) is 0 Å². The van der Waals surface area contributed by atoms with Crippen molar-refractivity contribution < 1.29 is 5.11 Å². The molecule has 2 aliphatic carbocycles. The van der Waals surface area contributed by atoms with E-state index in [4.69, 9.17) is 4.98 Å². The lowest BCUT2D eigenvalue weighted by Gasteiger charge is -2.36. The number of hydrogen-bond acceptors (Lipinski definition) is 6. The molecule has 0 spiro atoms. The minimum atomic E-state index is -0.217. The molecular weight excluding hydrogens is 400 g/mol. The number of hydrogen-bond donors (Lipinski definition) is 2. The van der Waals surface area contributed by atoms with Gasteiger partial charge >= 0.3 is 0 Å². The highest BCUT2D eigenvalue weighted by atomic mass is 16.3. The second kappa shape index (κ2) is 7.98. The highest BCUT2D eigenvalue weighted by Gasteiger charge is 2.28. The molecule has 1 saturated carbocycles. The largest absolute Gasteiger partial charge is 0.393 e. The zero-order valence-corrected chi connectivity index (χ0v) is 17.9. The molecule has 7 nitrogen and oxygen atoms in total. The van der Waals surface area contributed by atoms with E-state index in [9.17, 15) is 5.11 Å². The van der Waals surface area contributed by atoms with Crippen LogP contribution in [0.2, 0.25) is 0 Å². The van der Waals surface area contributed by atoms with Crippen LogP contribution >= 0.6 is 0 Å². The summed E-state index contributed by atoms with van der Waals surface area (Å²) < 4.78 is 0. The van der Waals surface area contributed by atoms with Gasteiger partial charge in [0.05, 0.1) is 12.3 Å². The molecule has 0 bridgehead atoms. The van der Waals surface area contributed by atoms with Crippen molar-refractivity contribution in [2.45, 2.75) is 57.1 Å². The second-order valence-corrected chi connectivity index (χ2v) is 8.94. The van der Waals surface area contributed by atoms with Crippen LogP contribution in [0.1, 0.15) is 43.2 Å². The Morgan fingerprint density at radius 3 is 2.69 bits per heavy atom. The van der Waals surface area contributed by atoms with Crippen LogP contribution in [0.15, 0.2) is 48.7 Å². The van der Waals surface area contributed by atoms with Gasteiger partial charge < -0.3 is 10.0 Å². The number of aryl methyl sites for hydroxylation is 2. The molecule has 0 unspecified atom stereocenters. The van der Waals surface area contributed by atoms with Gasteiger partial charge in [-0.1, -0.05) is 35.5 Å². The number of fused-ring (bicyclic) bond motifs is 2. The van der Waals surface area contributed by atoms with E-state index in [1.165, 1.54) is 41.5 Å². The SMILES string of the molecule is OC1CCC(N(c2cccc(-c3ccc4c(c3)CCC4)c2)c2ncc3nn[nH]c3n2)CC1. The van der Waals surface area contributed by atoms with Crippen molar-refractivity contribution in [1.82, 2.24) is 25.4 Å². The number of aliphatic hydroxyl groups excluding tert-OH is 1. The number of anilines is 2. The maximum atomic E-state index is 10.1. The van der Waals surface area contributed by atoms with Gasteiger partial charge in [-0.15, -0.1) is 5.10 Å². The Morgan fingerprint density at radius 1 is 0.938 bits per heavy atom. The topological polar surface area (TPSA) is 90.8 Å². The fourth-order valence-electron chi connectivity index (χ4n) is 5.16. The van der Waals surface area contributed by atoms with E-state index >= 15 is 0 Å². The van der Waals surface area contributed by atoms with Gasteiger partial charge in [0.1, 0.15) is 5.52 Å². The normalized spacial score (nSPS) is 20.4. The molecule has 1 fully saturated rings. The molecule has 2 aromatic heterocycles.